The predicted octanol–water partition coefficient (Wildman–Crippen LogP) is 4.34. The zero-order valence-electron chi connectivity index (χ0n) is 12.5. The van der Waals surface area contributed by atoms with Gasteiger partial charge in [0.15, 0.2) is 5.69 Å². The highest BCUT2D eigenvalue weighted by Gasteiger charge is 2.14. The Morgan fingerprint density at radius 3 is 2.52 bits per heavy atom. The molecule has 1 heterocycles. The van der Waals surface area contributed by atoms with Crippen molar-refractivity contribution in [2.75, 3.05) is 5.32 Å². The number of halogens is 2. The molecule has 1 aromatic heterocycles. The monoisotopic (exact) mass is 376 g/mol. The first-order chi connectivity index (χ1) is 12.0. The van der Waals surface area contributed by atoms with Crippen LogP contribution in [0.15, 0.2) is 54.7 Å². The SMILES string of the molecule is O=C(Nc1cccc(Cl)c1Cl)c1ccn(-c2ccc([N+](=O)[O-])cc2)n1. The average molecular weight is 377 g/mol. The lowest BCUT2D eigenvalue weighted by Crippen LogP contribution is -2.13. The van der Waals surface area contributed by atoms with Gasteiger partial charge in [0.25, 0.3) is 11.6 Å². The molecule has 0 radical (unpaired) electrons. The van der Waals surface area contributed by atoms with Crippen LogP contribution in [0.2, 0.25) is 10.0 Å². The molecule has 0 unspecified atom stereocenters. The molecule has 3 aromatic rings. The molecule has 0 atom stereocenters. The molecule has 0 aliphatic rings. The second kappa shape index (κ2) is 6.92. The topological polar surface area (TPSA) is 90.1 Å². The van der Waals surface area contributed by atoms with E-state index in [9.17, 15) is 14.9 Å². The number of aromatic nitrogens is 2. The van der Waals surface area contributed by atoms with Gasteiger partial charge in [0.2, 0.25) is 0 Å². The molecular formula is C16H10Cl2N4O3. The van der Waals surface area contributed by atoms with Crippen molar-refractivity contribution >= 4 is 40.5 Å². The second-order valence-electron chi connectivity index (χ2n) is 4.97. The van der Waals surface area contributed by atoms with Crippen LogP contribution < -0.4 is 5.32 Å². The molecular weight excluding hydrogens is 367 g/mol. The average Bonchev–Trinajstić information content (AvgIpc) is 3.09. The van der Waals surface area contributed by atoms with Crippen LogP contribution in [0, 0.1) is 10.1 Å². The number of nitro benzene ring substituents is 1. The van der Waals surface area contributed by atoms with Crippen LogP contribution >= 0.6 is 23.2 Å². The number of carbonyl (C=O) groups excluding carboxylic acids is 1. The molecule has 3 rings (SSSR count). The van der Waals surface area contributed by atoms with E-state index in [1.807, 2.05) is 0 Å². The second-order valence-corrected chi connectivity index (χ2v) is 5.76. The summed E-state index contributed by atoms with van der Waals surface area (Å²) in [5, 5.41) is 18.0. The number of anilines is 1. The van der Waals surface area contributed by atoms with Gasteiger partial charge in [0.05, 0.1) is 26.3 Å². The zero-order chi connectivity index (χ0) is 18.0. The van der Waals surface area contributed by atoms with Gasteiger partial charge in [-0.3, -0.25) is 14.9 Å². The van der Waals surface area contributed by atoms with Gasteiger partial charge in [-0.15, -0.1) is 0 Å². The first-order valence-electron chi connectivity index (χ1n) is 7.01. The van der Waals surface area contributed by atoms with E-state index in [-0.39, 0.29) is 16.4 Å². The highest BCUT2D eigenvalue weighted by atomic mass is 35.5. The number of nitrogens with zero attached hydrogens (tertiary/aromatic N) is 3. The van der Waals surface area contributed by atoms with Crippen molar-refractivity contribution in [3.8, 4) is 5.69 Å². The van der Waals surface area contributed by atoms with E-state index in [1.54, 1.807) is 36.5 Å². The lowest BCUT2D eigenvalue weighted by Gasteiger charge is -2.06. The van der Waals surface area contributed by atoms with Crippen LogP contribution in [-0.2, 0) is 0 Å². The molecule has 0 spiro atoms. The molecule has 0 bridgehead atoms. The quantitative estimate of drug-likeness (QED) is 0.541. The highest BCUT2D eigenvalue weighted by molar-refractivity contribution is 6.44. The number of nitrogens with one attached hydrogen (secondary N) is 1. The highest BCUT2D eigenvalue weighted by Crippen LogP contribution is 2.29. The van der Waals surface area contributed by atoms with Crippen molar-refractivity contribution in [3.05, 3.63) is 80.6 Å². The molecule has 0 fully saturated rings. The van der Waals surface area contributed by atoms with Crippen molar-refractivity contribution in [1.82, 2.24) is 9.78 Å². The Hall–Kier alpha value is -2.90. The number of rotatable bonds is 4. The summed E-state index contributed by atoms with van der Waals surface area (Å²) < 4.78 is 1.44. The number of non-ortho nitro benzene ring substituents is 1. The summed E-state index contributed by atoms with van der Waals surface area (Å²) in [6.45, 7) is 0. The maximum absolute atomic E-state index is 12.3. The normalized spacial score (nSPS) is 10.5. The van der Waals surface area contributed by atoms with Crippen LogP contribution in [0.25, 0.3) is 5.69 Å². The fraction of sp³-hybridized carbons (Fsp3) is 0. The lowest BCUT2D eigenvalue weighted by molar-refractivity contribution is -0.384. The summed E-state index contributed by atoms with van der Waals surface area (Å²) in [4.78, 5) is 22.5. The van der Waals surface area contributed by atoms with Gasteiger partial charge in [-0.05, 0) is 30.3 Å². The van der Waals surface area contributed by atoms with Gasteiger partial charge in [0, 0.05) is 18.3 Å². The number of hydrogen-bond acceptors (Lipinski definition) is 4. The van der Waals surface area contributed by atoms with E-state index in [1.165, 1.54) is 22.9 Å². The molecule has 0 saturated heterocycles. The van der Waals surface area contributed by atoms with E-state index in [0.29, 0.717) is 16.4 Å². The van der Waals surface area contributed by atoms with Crippen molar-refractivity contribution in [1.29, 1.82) is 0 Å². The summed E-state index contributed by atoms with van der Waals surface area (Å²) in [7, 11) is 0. The molecule has 1 amide bonds. The van der Waals surface area contributed by atoms with Crippen LogP contribution in [0.1, 0.15) is 10.5 Å². The van der Waals surface area contributed by atoms with Gasteiger partial charge in [-0.25, -0.2) is 4.68 Å². The molecule has 126 valence electrons. The maximum atomic E-state index is 12.3. The predicted molar refractivity (Wildman–Crippen MR) is 94.6 cm³/mol. The summed E-state index contributed by atoms with van der Waals surface area (Å²) in [6, 6.07) is 12.2. The summed E-state index contributed by atoms with van der Waals surface area (Å²) in [6.07, 6.45) is 1.58. The summed E-state index contributed by atoms with van der Waals surface area (Å²) in [5.41, 5.74) is 1.10. The fourth-order valence-electron chi connectivity index (χ4n) is 2.10. The first kappa shape index (κ1) is 16.9. The van der Waals surface area contributed by atoms with Crippen LogP contribution in [-0.4, -0.2) is 20.6 Å². The third-order valence-corrected chi connectivity index (χ3v) is 4.17. The Balaban J connectivity index is 1.79. The number of amides is 1. The zero-order valence-corrected chi connectivity index (χ0v) is 14.0. The van der Waals surface area contributed by atoms with Crippen LogP contribution in [0.4, 0.5) is 11.4 Å². The van der Waals surface area contributed by atoms with Gasteiger partial charge in [0.1, 0.15) is 0 Å². The molecule has 0 aliphatic heterocycles. The Morgan fingerprint density at radius 1 is 1.12 bits per heavy atom. The molecule has 2 aromatic carbocycles. The minimum absolute atomic E-state index is 0.0236. The van der Waals surface area contributed by atoms with Gasteiger partial charge >= 0.3 is 0 Å². The fourth-order valence-corrected chi connectivity index (χ4v) is 2.45. The van der Waals surface area contributed by atoms with Crippen LogP contribution in [0.3, 0.4) is 0 Å². The minimum atomic E-state index is -0.486. The lowest BCUT2D eigenvalue weighted by atomic mass is 10.3. The van der Waals surface area contributed by atoms with Crippen molar-refractivity contribution in [2.24, 2.45) is 0 Å². The molecule has 1 N–H and O–H groups in total. The number of nitro groups is 1. The molecule has 7 nitrogen and oxygen atoms in total. The molecule has 9 heteroatoms. The molecule has 0 saturated carbocycles. The molecule has 0 aliphatic carbocycles. The van der Waals surface area contributed by atoms with Gasteiger partial charge in [-0.2, -0.15) is 5.10 Å². The number of hydrogen-bond donors (Lipinski definition) is 1. The van der Waals surface area contributed by atoms with Gasteiger partial charge in [-0.1, -0.05) is 29.3 Å². The van der Waals surface area contributed by atoms with E-state index < -0.39 is 10.8 Å². The summed E-state index contributed by atoms with van der Waals surface area (Å²) in [5.74, 6) is -0.454. The Morgan fingerprint density at radius 2 is 1.84 bits per heavy atom. The Kier molecular flexibility index (Phi) is 4.69. The smallest absolute Gasteiger partial charge is 0.276 e. The first-order valence-corrected chi connectivity index (χ1v) is 7.77. The Bertz CT molecular complexity index is 954. The largest absolute Gasteiger partial charge is 0.319 e. The van der Waals surface area contributed by atoms with E-state index in [2.05, 4.69) is 10.4 Å². The van der Waals surface area contributed by atoms with E-state index in [4.69, 9.17) is 23.2 Å². The summed E-state index contributed by atoms with van der Waals surface area (Å²) >= 11 is 12.0. The third kappa shape index (κ3) is 3.62. The van der Waals surface area contributed by atoms with E-state index >= 15 is 0 Å². The standard InChI is InChI=1S/C16H10Cl2N4O3/c17-12-2-1-3-13(15(12)18)19-16(23)14-8-9-21(20-14)10-4-6-11(7-5-10)22(24)25/h1-9H,(H,19,23). The molecule has 25 heavy (non-hydrogen) atoms. The Labute approximate surface area is 151 Å². The minimum Gasteiger partial charge on any atom is -0.319 e. The van der Waals surface area contributed by atoms with E-state index in [0.717, 1.165) is 0 Å². The number of carbonyl (C=O) groups is 1. The van der Waals surface area contributed by atoms with Crippen molar-refractivity contribution in [3.63, 3.8) is 0 Å². The van der Waals surface area contributed by atoms with Crippen molar-refractivity contribution in [2.45, 2.75) is 0 Å². The van der Waals surface area contributed by atoms with Crippen molar-refractivity contribution < 1.29 is 9.72 Å². The van der Waals surface area contributed by atoms with Crippen LogP contribution in [0.5, 0.6) is 0 Å². The third-order valence-electron chi connectivity index (χ3n) is 3.35. The maximum Gasteiger partial charge on any atom is 0.276 e. The van der Waals surface area contributed by atoms with Gasteiger partial charge < -0.3 is 5.32 Å². The number of benzene rings is 2.